The number of nitrogens with one attached hydrogen (secondary N) is 2. The normalized spacial score (nSPS) is 23.2. The van der Waals surface area contributed by atoms with E-state index in [2.05, 4.69) is 25.3 Å². The van der Waals surface area contributed by atoms with Crippen molar-refractivity contribution in [1.82, 2.24) is 29.5 Å². The minimum absolute atomic E-state index is 0.0258. The summed E-state index contributed by atoms with van der Waals surface area (Å²) in [5.74, 6) is -2.93. The van der Waals surface area contributed by atoms with Crippen LogP contribution in [0.25, 0.3) is 27.9 Å². The summed E-state index contributed by atoms with van der Waals surface area (Å²) in [6.07, 6.45) is 5.75. The van der Waals surface area contributed by atoms with Crippen molar-refractivity contribution in [3.63, 3.8) is 0 Å². The van der Waals surface area contributed by atoms with Gasteiger partial charge in [0.15, 0.2) is 5.65 Å². The molecular weight excluding hydrogens is 484 g/mol. The zero-order valence-electron chi connectivity index (χ0n) is 20.4. The minimum atomic E-state index is -2.90. The van der Waals surface area contributed by atoms with Gasteiger partial charge < -0.3 is 24.7 Å². The van der Waals surface area contributed by atoms with Crippen molar-refractivity contribution in [2.24, 2.45) is 0 Å². The van der Waals surface area contributed by atoms with Crippen LogP contribution in [0.5, 0.6) is 0 Å². The van der Waals surface area contributed by atoms with Gasteiger partial charge in [-0.15, -0.1) is 0 Å². The topological polar surface area (TPSA) is 108 Å². The Labute approximate surface area is 211 Å². The maximum absolute atomic E-state index is 13.8. The van der Waals surface area contributed by atoms with Crippen molar-refractivity contribution in [3.8, 4) is 11.3 Å². The molecule has 6 rings (SSSR count). The van der Waals surface area contributed by atoms with Gasteiger partial charge in [0.05, 0.1) is 30.6 Å². The average molecular weight is 512 g/mol. The van der Waals surface area contributed by atoms with E-state index < -0.39 is 17.9 Å². The van der Waals surface area contributed by atoms with E-state index in [1.165, 1.54) is 10.7 Å². The molecule has 5 heterocycles. The van der Waals surface area contributed by atoms with Crippen LogP contribution in [-0.2, 0) is 9.47 Å². The van der Waals surface area contributed by atoms with Crippen LogP contribution in [-0.4, -0.2) is 75.5 Å². The summed E-state index contributed by atoms with van der Waals surface area (Å²) >= 11 is 0. The maximum Gasteiger partial charge on any atom is 0.267 e. The van der Waals surface area contributed by atoms with Crippen molar-refractivity contribution in [2.75, 3.05) is 32.7 Å². The van der Waals surface area contributed by atoms with Crippen molar-refractivity contribution in [2.45, 2.75) is 43.4 Å². The first-order chi connectivity index (χ1) is 17.9. The first-order valence-corrected chi connectivity index (χ1v) is 12.2. The number of aromatic nitrogens is 5. The largest absolute Gasteiger partial charge is 0.379 e. The number of halogens is 2. The Balaban J connectivity index is 1.46. The lowest BCUT2D eigenvalue weighted by molar-refractivity contribution is -0.102. The summed E-state index contributed by atoms with van der Waals surface area (Å²) in [6, 6.07) is 4.52. The van der Waals surface area contributed by atoms with E-state index in [4.69, 9.17) is 14.5 Å². The Morgan fingerprint density at radius 2 is 2.16 bits per heavy atom. The molecule has 0 radical (unpaired) electrons. The number of anilines is 1. The first-order valence-electron chi connectivity index (χ1n) is 12.2. The second-order valence-electron chi connectivity index (χ2n) is 9.43. The molecule has 1 amide bonds. The fourth-order valence-corrected chi connectivity index (χ4v) is 5.14. The molecule has 2 fully saturated rings. The summed E-state index contributed by atoms with van der Waals surface area (Å²) < 4.78 is 42.5. The molecule has 4 aromatic heterocycles. The standard InChI is InChI=1S/C25H27F2N7O3/c1-28-21-10-17(31-23-15(11-30-34(21)23)24(35)32-20-5-7-25(20,26)27)16-12-33(22-14(16)4-3-8-29-22)18-6-9-37-13-19(18)36-2/h3-4,8,10-12,18-20,28H,5-7,9,13H2,1-2H3,(H,32,35)/t18-,19+,20?/m1/s1. The number of hydrogen-bond acceptors (Lipinski definition) is 7. The van der Waals surface area contributed by atoms with Crippen molar-refractivity contribution in [1.29, 1.82) is 0 Å². The number of ether oxygens (including phenoxy) is 2. The fraction of sp³-hybridized carbons (Fsp3) is 0.440. The van der Waals surface area contributed by atoms with Gasteiger partial charge in [-0.2, -0.15) is 9.61 Å². The molecule has 12 heteroatoms. The number of amides is 1. The van der Waals surface area contributed by atoms with Crippen molar-refractivity contribution in [3.05, 3.63) is 42.4 Å². The number of methoxy groups -OCH3 is 1. The summed E-state index contributed by atoms with van der Waals surface area (Å²) in [6.45, 7) is 1.11. The molecule has 2 aliphatic rings. The van der Waals surface area contributed by atoms with Gasteiger partial charge in [0.2, 0.25) is 0 Å². The van der Waals surface area contributed by atoms with Gasteiger partial charge in [0.25, 0.3) is 11.8 Å². The number of fused-ring (bicyclic) bond motifs is 2. The molecule has 1 aliphatic carbocycles. The van der Waals surface area contributed by atoms with Crippen LogP contribution < -0.4 is 10.6 Å². The SMILES string of the molecule is CNc1cc(-c2cn([C@@H]3CCOC[C@@H]3OC)c3ncccc23)nc2c(C(=O)NC3CCC3(F)F)cnn12. The molecule has 2 N–H and O–H groups in total. The average Bonchev–Trinajstić information content (AvgIpc) is 3.52. The third kappa shape index (κ3) is 3.91. The monoisotopic (exact) mass is 511 g/mol. The van der Waals surface area contributed by atoms with Gasteiger partial charge in [-0.3, -0.25) is 4.79 Å². The highest BCUT2D eigenvalue weighted by Crippen LogP contribution is 2.38. The lowest BCUT2D eigenvalue weighted by atomic mass is 9.88. The summed E-state index contributed by atoms with van der Waals surface area (Å²) in [4.78, 5) is 22.4. The number of pyridine rings is 1. The zero-order valence-corrected chi connectivity index (χ0v) is 20.4. The van der Waals surface area contributed by atoms with Crippen molar-refractivity contribution < 1.29 is 23.0 Å². The van der Waals surface area contributed by atoms with E-state index in [-0.39, 0.29) is 36.2 Å². The Bertz CT molecular complexity index is 1480. The quantitative estimate of drug-likeness (QED) is 0.409. The van der Waals surface area contributed by atoms with Gasteiger partial charge in [0.1, 0.15) is 23.1 Å². The molecule has 0 spiro atoms. The smallest absolute Gasteiger partial charge is 0.267 e. The molecule has 1 aliphatic heterocycles. The zero-order chi connectivity index (χ0) is 25.7. The van der Waals surface area contributed by atoms with E-state index in [1.54, 1.807) is 20.4 Å². The van der Waals surface area contributed by atoms with E-state index in [0.717, 1.165) is 23.0 Å². The molecule has 4 aromatic rings. The highest BCUT2D eigenvalue weighted by atomic mass is 19.3. The second-order valence-corrected chi connectivity index (χ2v) is 9.43. The summed E-state index contributed by atoms with van der Waals surface area (Å²) in [7, 11) is 3.41. The van der Waals surface area contributed by atoms with Crippen LogP contribution in [0.2, 0.25) is 0 Å². The predicted molar refractivity (Wildman–Crippen MR) is 132 cm³/mol. The summed E-state index contributed by atoms with van der Waals surface area (Å²) in [5, 5.41) is 10.7. The molecule has 1 unspecified atom stereocenters. The molecule has 0 bridgehead atoms. The predicted octanol–water partition coefficient (Wildman–Crippen LogP) is 3.29. The van der Waals surface area contributed by atoms with E-state index in [0.29, 0.717) is 24.7 Å². The van der Waals surface area contributed by atoms with E-state index in [9.17, 15) is 13.6 Å². The van der Waals surface area contributed by atoms with E-state index in [1.807, 2.05) is 24.4 Å². The lowest BCUT2D eigenvalue weighted by Crippen LogP contribution is -2.55. The number of nitrogens with zero attached hydrogens (tertiary/aromatic N) is 5. The lowest BCUT2D eigenvalue weighted by Gasteiger charge is -2.36. The third-order valence-electron chi connectivity index (χ3n) is 7.35. The number of carbonyl (C=O) groups is 1. The molecule has 1 saturated heterocycles. The summed E-state index contributed by atoms with van der Waals surface area (Å²) in [5.41, 5.74) is 2.61. The van der Waals surface area contributed by atoms with Crippen LogP contribution in [0.4, 0.5) is 14.6 Å². The van der Waals surface area contributed by atoms with Crippen molar-refractivity contribution >= 4 is 28.4 Å². The Morgan fingerprint density at radius 1 is 1.30 bits per heavy atom. The molecule has 1 saturated carbocycles. The number of hydrogen-bond donors (Lipinski definition) is 2. The molecular formula is C25H27F2N7O3. The number of carbonyl (C=O) groups excluding carboxylic acids is 1. The van der Waals surface area contributed by atoms with E-state index >= 15 is 0 Å². The highest BCUT2D eigenvalue weighted by molar-refractivity contribution is 6.01. The fourth-order valence-electron chi connectivity index (χ4n) is 5.14. The number of alkyl halides is 2. The van der Waals surface area contributed by atoms with Crippen LogP contribution in [0.15, 0.2) is 36.8 Å². The van der Waals surface area contributed by atoms with Crippen LogP contribution in [0, 0.1) is 0 Å². The van der Waals surface area contributed by atoms with Gasteiger partial charge in [0, 0.05) is 56.6 Å². The first kappa shape index (κ1) is 23.7. The Kier molecular flexibility index (Phi) is 5.80. The molecule has 0 aromatic carbocycles. The van der Waals surface area contributed by atoms with Gasteiger partial charge >= 0.3 is 0 Å². The van der Waals surface area contributed by atoms with Crippen LogP contribution in [0.3, 0.4) is 0 Å². The third-order valence-corrected chi connectivity index (χ3v) is 7.35. The highest BCUT2D eigenvalue weighted by Gasteiger charge is 2.49. The van der Waals surface area contributed by atoms with Crippen LogP contribution in [0.1, 0.15) is 35.7 Å². The number of rotatable bonds is 6. The van der Waals surface area contributed by atoms with Gasteiger partial charge in [-0.05, 0) is 25.0 Å². The maximum atomic E-state index is 13.8. The molecule has 10 nitrogen and oxygen atoms in total. The van der Waals surface area contributed by atoms with Gasteiger partial charge in [-0.25, -0.2) is 18.7 Å². The Hall–Kier alpha value is -3.64. The molecule has 194 valence electrons. The van der Waals surface area contributed by atoms with Gasteiger partial charge in [-0.1, -0.05) is 0 Å². The van der Waals surface area contributed by atoms with Crippen LogP contribution >= 0.6 is 0 Å². The second kappa shape index (κ2) is 9.03. The minimum Gasteiger partial charge on any atom is -0.379 e. The Morgan fingerprint density at radius 3 is 2.89 bits per heavy atom. The molecule has 37 heavy (non-hydrogen) atoms. The molecule has 3 atom stereocenters.